The van der Waals surface area contributed by atoms with Crippen molar-refractivity contribution in [2.75, 3.05) is 11.9 Å². The predicted octanol–water partition coefficient (Wildman–Crippen LogP) is 3.06. The van der Waals surface area contributed by atoms with Crippen molar-refractivity contribution in [3.8, 4) is 0 Å². The van der Waals surface area contributed by atoms with Crippen LogP contribution in [-0.4, -0.2) is 18.4 Å². The summed E-state index contributed by atoms with van der Waals surface area (Å²) in [6.45, 7) is 4.29. The average Bonchev–Trinajstić information content (AvgIpc) is 2.52. The van der Waals surface area contributed by atoms with Crippen LogP contribution in [0.4, 0.5) is 5.69 Å². The minimum absolute atomic E-state index is 0.109. The molecule has 0 saturated carbocycles. The predicted molar refractivity (Wildman–Crippen MR) is 87.9 cm³/mol. The Morgan fingerprint density at radius 3 is 2.41 bits per heavy atom. The third-order valence-corrected chi connectivity index (χ3v) is 3.55. The van der Waals surface area contributed by atoms with Crippen molar-refractivity contribution in [2.45, 2.75) is 20.3 Å². The number of hydrogen-bond donors (Lipinski definition) is 2. The number of carbonyl (C=O) groups is 2. The number of hydrogen-bond acceptors (Lipinski definition) is 2. The molecule has 4 nitrogen and oxygen atoms in total. The topological polar surface area (TPSA) is 58.2 Å². The van der Waals surface area contributed by atoms with Gasteiger partial charge >= 0.3 is 0 Å². The number of nitrogens with one attached hydrogen (secondary N) is 2. The van der Waals surface area contributed by atoms with E-state index in [1.807, 2.05) is 50.2 Å². The molecule has 0 radical (unpaired) electrons. The van der Waals surface area contributed by atoms with Gasteiger partial charge in [0.25, 0.3) is 5.91 Å². The molecule has 22 heavy (non-hydrogen) atoms. The van der Waals surface area contributed by atoms with E-state index in [2.05, 4.69) is 10.6 Å². The van der Waals surface area contributed by atoms with E-state index in [-0.39, 0.29) is 18.2 Å². The summed E-state index contributed by atoms with van der Waals surface area (Å²) in [5, 5.41) is 5.62. The van der Waals surface area contributed by atoms with Gasteiger partial charge in [-0.3, -0.25) is 9.59 Å². The second-order valence-corrected chi connectivity index (χ2v) is 5.17. The van der Waals surface area contributed by atoms with E-state index in [4.69, 9.17) is 0 Å². The first kappa shape index (κ1) is 15.8. The van der Waals surface area contributed by atoms with Crippen molar-refractivity contribution in [3.05, 3.63) is 65.2 Å². The molecule has 2 aromatic carbocycles. The van der Waals surface area contributed by atoms with Gasteiger partial charge in [-0.25, -0.2) is 0 Å². The second-order valence-electron chi connectivity index (χ2n) is 5.17. The minimum atomic E-state index is -0.167. The van der Waals surface area contributed by atoms with Crippen LogP contribution in [-0.2, 0) is 4.79 Å². The van der Waals surface area contributed by atoms with Crippen LogP contribution < -0.4 is 10.6 Å². The Balaban J connectivity index is 1.81. The van der Waals surface area contributed by atoms with Gasteiger partial charge in [0.1, 0.15) is 0 Å². The molecule has 0 saturated heterocycles. The molecule has 2 amide bonds. The summed E-state index contributed by atoms with van der Waals surface area (Å²) in [5.41, 5.74) is 3.61. The van der Waals surface area contributed by atoms with Crippen molar-refractivity contribution in [1.82, 2.24) is 5.32 Å². The lowest BCUT2D eigenvalue weighted by molar-refractivity contribution is -0.116. The third kappa shape index (κ3) is 4.19. The van der Waals surface area contributed by atoms with Gasteiger partial charge in [-0.2, -0.15) is 0 Å². The van der Waals surface area contributed by atoms with Crippen molar-refractivity contribution in [1.29, 1.82) is 0 Å². The highest BCUT2D eigenvalue weighted by Gasteiger charge is 2.08. The van der Waals surface area contributed by atoms with Crippen molar-refractivity contribution in [2.24, 2.45) is 0 Å². The fourth-order valence-corrected chi connectivity index (χ4v) is 2.08. The summed E-state index contributed by atoms with van der Waals surface area (Å²) in [5.74, 6) is -0.276. The summed E-state index contributed by atoms with van der Waals surface area (Å²) in [6.07, 6.45) is 0.242. The van der Waals surface area contributed by atoms with E-state index < -0.39 is 0 Å². The molecule has 0 heterocycles. The van der Waals surface area contributed by atoms with Gasteiger partial charge in [0.2, 0.25) is 5.91 Å². The van der Waals surface area contributed by atoms with Gasteiger partial charge in [-0.1, -0.05) is 30.3 Å². The van der Waals surface area contributed by atoms with Crippen LogP contribution in [0.2, 0.25) is 0 Å². The Hall–Kier alpha value is -2.62. The molecule has 0 fully saturated rings. The molecule has 0 aliphatic rings. The first-order valence-electron chi connectivity index (χ1n) is 7.27. The summed E-state index contributed by atoms with van der Waals surface area (Å²) in [4.78, 5) is 23.8. The van der Waals surface area contributed by atoms with E-state index in [9.17, 15) is 9.59 Å². The van der Waals surface area contributed by atoms with Crippen molar-refractivity contribution < 1.29 is 9.59 Å². The van der Waals surface area contributed by atoms with Gasteiger partial charge in [-0.05, 0) is 43.2 Å². The van der Waals surface area contributed by atoms with Crippen LogP contribution in [0.25, 0.3) is 0 Å². The lowest BCUT2D eigenvalue weighted by Crippen LogP contribution is -2.27. The SMILES string of the molecule is Cc1cccc(NC(=O)CCNC(=O)c2ccccc2)c1C. The molecule has 2 aromatic rings. The Labute approximate surface area is 130 Å². The molecule has 0 aliphatic heterocycles. The van der Waals surface area contributed by atoms with Gasteiger partial charge < -0.3 is 10.6 Å². The number of rotatable bonds is 5. The summed E-state index contributed by atoms with van der Waals surface area (Å²) in [6, 6.07) is 14.7. The maximum atomic E-state index is 11.9. The quantitative estimate of drug-likeness (QED) is 0.891. The first-order valence-corrected chi connectivity index (χ1v) is 7.27. The molecule has 2 N–H and O–H groups in total. The molecular weight excluding hydrogens is 276 g/mol. The number of aryl methyl sites for hydroxylation is 1. The molecule has 0 spiro atoms. The highest BCUT2D eigenvalue weighted by molar-refractivity contribution is 5.95. The fraction of sp³-hybridized carbons (Fsp3) is 0.222. The van der Waals surface area contributed by atoms with Crippen molar-refractivity contribution in [3.63, 3.8) is 0 Å². The monoisotopic (exact) mass is 296 g/mol. The Bertz CT molecular complexity index is 666. The zero-order valence-electron chi connectivity index (χ0n) is 12.8. The highest BCUT2D eigenvalue weighted by Crippen LogP contribution is 2.17. The molecule has 2 rings (SSSR count). The molecule has 114 valence electrons. The molecular formula is C18H20N2O2. The average molecular weight is 296 g/mol. The molecule has 0 bridgehead atoms. The molecule has 0 atom stereocenters. The van der Waals surface area contributed by atoms with Gasteiger partial charge in [0, 0.05) is 24.2 Å². The van der Waals surface area contributed by atoms with E-state index in [1.165, 1.54) is 0 Å². The molecule has 4 heteroatoms. The summed E-state index contributed by atoms with van der Waals surface area (Å²) < 4.78 is 0. The standard InChI is InChI=1S/C18H20N2O2/c1-13-7-6-10-16(14(13)2)20-17(21)11-12-19-18(22)15-8-4-3-5-9-15/h3-10H,11-12H2,1-2H3,(H,19,22)(H,20,21). The Morgan fingerprint density at radius 2 is 1.68 bits per heavy atom. The van der Waals surface area contributed by atoms with Crippen molar-refractivity contribution >= 4 is 17.5 Å². The first-order chi connectivity index (χ1) is 10.6. The van der Waals surface area contributed by atoms with Crippen LogP contribution in [0.5, 0.6) is 0 Å². The number of amides is 2. The maximum Gasteiger partial charge on any atom is 0.251 e. The molecule has 0 unspecified atom stereocenters. The van der Waals surface area contributed by atoms with E-state index in [0.717, 1.165) is 16.8 Å². The van der Waals surface area contributed by atoms with Gasteiger partial charge in [0.05, 0.1) is 0 Å². The second kappa shape index (κ2) is 7.41. The van der Waals surface area contributed by atoms with E-state index >= 15 is 0 Å². The lowest BCUT2D eigenvalue weighted by Gasteiger charge is -2.10. The zero-order valence-corrected chi connectivity index (χ0v) is 12.8. The largest absolute Gasteiger partial charge is 0.352 e. The van der Waals surface area contributed by atoms with E-state index in [0.29, 0.717) is 12.1 Å². The molecule has 0 aromatic heterocycles. The van der Waals surface area contributed by atoms with E-state index in [1.54, 1.807) is 12.1 Å². The van der Waals surface area contributed by atoms with Crippen LogP contribution in [0.1, 0.15) is 27.9 Å². The van der Waals surface area contributed by atoms with Crippen LogP contribution >= 0.6 is 0 Å². The number of carbonyl (C=O) groups excluding carboxylic acids is 2. The third-order valence-electron chi connectivity index (χ3n) is 3.55. The normalized spacial score (nSPS) is 10.1. The highest BCUT2D eigenvalue weighted by atomic mass is 16.2. The van der Waals surface area contributed by atoms with Gasteiger partial charge in [-0.15, -0.1) is 0 Å². The zero-order chi connectivity index (χ0) is 15.9. The Kier molecular flexibility index (Phi) is 5.31. The van der Waals surface area contributed by atoms with Crippen LogP contribution in [0.15, 0.2) is 48.5 Å². The van der Waals surface area contributed by atoms with Gasteiger partial charge in [0.15, 0.2) is 0 Å². The summed E-state index contributed by atoms with van der Waals surface area (Å²) in [7, 11) is 0. The van der Waals surface area contributed by atoms with Crippen LogP contribution in [0.3, 0.4) is 0 Å². The maximum absolute atomic E-state index is 11.9. The smallest absolute Gasteiger partial charge is 0.251 e. The number of anilines is 1. The number of benzene rings is 2. The molecule has 0 aliphatic carbocycles. The Morgan fingerprint density at radius 1 is 0.955 bits per heavy atom. The fourth-order valence-electron chi connectivity index (χ4n) is 2.08. The lowest BCUT2D eigenvalue weighted by atomic mass is 10.1. The minimum Gasteiger partial charge on any atom is -0.352 e. The van der Waals surface area contributed by atoms with Crippen LogP contribution in [0, 0.1) is 13.8 Å². The summed E-state index contributed by atoms with van der Waals surface area (Å²) >= 11 is 0.